The van der Waals surface area contributed by atoms with Gasteiger partial charge in [0.2, 0.25) is 0 Å². The summed E-state index contributed by atoms with van der Waals surface area (Å²) in [6.45, 7) is 9.72. The summed E-state index contributed by atoms with van der Waals surface area (Å²) in [5, 5.41) is 1.83. The van der Waals surface area contributed by atoms with Crippen molar-refractivity contribution in [2.24, 2.45) is 53.3 Å². The van der Waals surface area contributed by atoms with E-state index in [0.717, 1.165) is 59.2 Å². The van der Waals surface area contributed by atoms with Crippen molar-refractivity contribution in [3.8, 4) is 0 Å². The lowest BCUT2D eigenvalue weighted by atomic mass is 9.64. The van der Waals surface area contributed by atoms with Crippen LogP contribution in [-0.4, -0.2) is 34.1 Å². The average Bonchev–Trinajstić information content (AvgIpc) is 3.49. The summed E-state index contributed by atoms with van der Waals surface area (Å²) in [6, 6.07) is 0. The molecule has 11 unspecified atom stereocenters. The first-order valence-electron chi connectivity index (χ1n) is 12.9. The summed E-state index contributed by atoms with van der Waals surface area (Å²) in [4.78, 5) is 12.3. The molecular weight excluding hydrogens is 408 g/mol. The highest BCUT2D eigenvalue weighted by molar-refractivity contribution is 8.14. The van der Waals surface area contributed by atoms with Crippen molar-refractivity contribution in [3.05, 3.63) is 0 Å². The summed E-state index contributed by atoms with van der Waals surface area (Å²) in [7, 11) is 0. The van der Waals surface area contributed by atoms with Gasteiger partial charge in [-0.3, -0.25) is 4.79 Å². The second kappa shape index (κ2) is 8.93. The van der Waals surface area contributed by atoms with E-state index in [1.54, 1.807) is 11.8 Å². The molecule has 0 heterocycles. The van der Waals surface area contributed by atoms with Crippen LogP contribution in [0, 0.1) is 53.3 Å². The Hall–Kier alpha value is 0.330. The van der Waals surface area contributed by atoms with Crippen molar-refractivity contribution in [3.63, 3.8) is 0 Å². The van der Waals surface area contributed by atoms with Crippen LogP contribution >= 0.6 is 23.5 Å². The van der Waals surface area contributed by atoms with E-state index in [9.17, 15) is 4.79 Å². The zero-order chi connectivity index (χ0) is 21.0. The Morgan fingerprint density at radius 1 is 0.933 bits per heavy atom. The van der Waals surface area contributed by atoms with Crippen molar-refractivity contribution in [2.45, 2.75) is 89.2 Å². The standard InChI is InChI=1S/C26H42O2S2/c1-5-15(4)29-8-6-7-28-23-10-16-9-22(23)25-21-13-20(24(16)25)18-11-17(12-19(18)21)30-26(27)14(2)3/h14-25H,5-13H2,1-4H3. The van der Waals surface area contributed by atoms with Gasteiger partial charge in [-0.05, 0) is 98.0 Å². The van der Waals surface area contributed by atoms with Crippen LogP contribution in [0.1, 0.15) is 72.6 Å². The maximum absolute atomic E-state index is 12.3. The molecule has 0 radical (unpaired) electrons. The van der Waals surface area contributed by atoms with Gasteiger partial charge in [0, 0.05) is 23.0 Å². The highest BCUT2D eigenvalue weighted by Gasteiger charge is 2.68. The van der Waals surface area contributed by atoms with Gasteiger partial charge in [-0.1, -0.05) is 39.5 Å². The van der Waals surface area contributed by atoms with Gasteiger partial charge in [0.05, 0.1) is 6.10 Å². The summed E-state index contributed by atoms with van der Waals surface area (Å²) in [5.41, 5.74) is 0. The van der Waals surface area contributed by atoms with E-state index in [0.29, 0.717) is 16.5 Å². The number of carbonyl (C=O) groups is 1. The normalized spacial score (nSPS) is 46.6. The number of hydrogen-bond acceptors (Lipinski definition) is 4. The van der Waals surface area contributed by atoms with Crippen molar-refractivity contribution in [2.75, 3.05) is 12.4 Å². The van der Waals surface area contributed by atoms with Crippen LogP contribution in [0.5, 0.6) is 0 Å². The second-order valence-corrected chi connectivity index (χ2v) is 14.3. The molecule has 0 spiro atoms. The van der Waals surface area contributed by atoms with E-state index in [1.807, 2.05) is 0 Å². The van der Waals surface area contributed by atoms with Gasteiger partial charge in [-0.2, -0.15) is 11.8 Å². The van der Waals surface area contributed by atoms with Gasteiger partial charge in [0.25, 0.3) is 0 Å². The Kier molecular flexibility index (Phi) is 6.59. The van der Waals surface area contributed by atoms with E-state index in [4.69, 9.17) is 4.74 Å². The summed E-state index contributed by atoms with van der Waals surface area (Å²) < 4.78 is 6.52. The molecule has 0 N–H and O–H groups in total. The Bertz CT molecular complexity index is 637. The lowest BCUT2D eigenvalue weighted by Gasteiger charge is -2.43. The monoisotopic (exact) mass is 450 g/mol. The van der Waals surface area contributed by atoms with E-state index >= 15 is 0 Å². The number of thioether (sulfide) groups is 2. The maximum atomic E-state index is 12.3. The van der Waals surface area contributed by atoms with Crippen LogP contribution in [0.3, 0.4) is 0 Å². The third-order valence-corrected chi connectivity index (χ3v) is 12.5. The molecule has 5 fully saturated rings. The number of ether oxygens (including phenoxy) is 1. The number of carbonyl (C=O) groups excluding carboxylic acids is 1. The minimum Gasteiger partial charge on any atom is -0.378 e. The summed E-state index contributed by atoms with van der Waals surface area (Å²) >= 11 is 3.81. The molecule has 0 aliphatic heterocycles. The van der Waals surface area contributed by atoms with Crippen LogP contribution in [0.4, 0.5) is 0 Å². The lowest BCUT2D eigenvalue weighted by Crippen LogP contribution is -2.41. The van der Waals surface area contributed by atoms with Crippen LogP contribution in [0.15, 0.2) is 0 Å². The van der Waals surface area contributed by atoms with Crippen molar-refractivity contribution >= 4 is 28.6 Å². The molecule has 4 heteroatoms. The molecule has 5 aliphatic carbocycles. The van der Waals surface area contributed by atoms with Gasteiger partial charge in [0.15, 0.2) is 5.12 Å². The molecule has 0 aromatic carbocycles. The molecule has 5 saturated carbocycles. The van der Waals surface area contributed by atoms with E-state index < -0.39 is 0 Å². The first-order valence-corrected chi connectivity index (χ1v) is 14.8. The Morgan fingerprint density at radius 2 is 1.67 bits per heavy atom. The van der Waals surface area contributed by atoms with E-state index in [2.05, 4.69) is 39.5 Å². The average molecular weight is 451 g/mol. The van der Waals surface area contributed by atoms with E-state index in [-0.39, 0.29) is 5.92 Å². The Labute approximate surface area is 192 Å². The van der Waals surface area contributed by atoms with Crippen molar-refractivity contribution in [1.29, 1.82) is 0 Å². The fourth-order valence-electron chi connectivity index (χ4n) is 8.50. The Balaban J connectivity index is 1.14. The van der Waals surface area contributed by atoms with Crippen LogP contribution in [0.2, 0.25) is 0 Å². The van der Waals surface area contributed by atoms with Gasteiger partial charge < -0.3 is 4.74 Å². The number of fused-ring (bicyclic) bond motifs is 12. The van der Waals surface area contributed by atoms with Crippen LogP contribution in [-0.2, 0) is 9.53 Å². The van der Waals surface area contributed by atoms with Crippen molar-refractivity contribution < 1.29 is 9.53 Å². The van der Waals surface area contributed by atoms with E-state index in [1.165, 1.54) is 50.7 Å². The fraction of sp³-hybridized carbons (Fsp3) is 0.962. The van der Waals surface area contributed by atoms with Gasteiger partial charge in [0.1, 0.15) is 0 Å². The smallest absolute Gasteiger partial charge is 0.191 e. The first-order chi connectivity index (χ1) is 14.5. The fourth-order valence-corrected chi connectivity index (χ4v) is 10.7. The second-order valence-electron chi connectivity index (χ2n) is 11.5. The molecule has 5 rings (SSSR count). The molecule has 0 amide bonds. The highest BCUT2D eigenvalue weighted by Crippen LogP contribution is 2.73. The minimum atomic E-state index is 0.184. The minimum absolute atomic E-state index is 0.184. The molecule has 0 saturated heterocycles. The molecule has 2 nitrogen and oxygen atoms in total. The van der Waals surface area contributed by atoms with Crippen molar-refractivity contribution in [1.82, 2.24) is 0 Å². The summed E-state index contributed by atoms with van der Waals surface area (Å²) in [5.74, 6) is 9.09. The van der Waals surface area contributed by atoms with Gasteiger partial charge in [-0.15, -0.1) is 0 Å². The molecule has 30 heavy (non-hydrogen) atoms. The zero-order valence-corrected chi connectivity index (χ0v) is 21.1. The summed E-state index contributed by atoms with van der Waals surface area (Å²) in [6.07, 6.45) is 10.1. The first kappa shape index (κ1) is 22.1. The van der Waals surface area contributed by atoms with Gasteiger partial charge >= 0.3 is 0 Å². The number of hydrogen-bond donors (Lipinski definition) is 0. The molecule has 0 aromatic heterocycles. The van der Waals surface area contributed by atoms with Crippen LogP contribution < -0.4 is 0 Å². The highest BCUT2D eigenvalue weighted by atomic mass is 32.2. The predicted octanol–water partition coefficient (Wildman–Crippen LogP) is 6.53. The molecule has 4 bridgehead atoms. The lowest BCUT2D eigenvalue weighted by molar-refractivity contribution is -0.113. The third-order valence-electron chi connectivity index (χ3n) is 9.68. The topological polar surface area (TPSA) is 26.3 Å². The maximum Gasteiger partial charge on any atom is 0.191 e. The molecule has 11 atom stereocenters. The zero-order valence-electron chi connectivity index (χ0n) is 19.4. The third kappa shape index (κ3) is 3.83. The molecule has 170 valence electrons. The Morgan fingerprint density at radius 3 is 2.37 bits per heavy atom. The molecule has 5 aliphatic rings. The quantitative estimate of drug-likeness (QED) is 0.295. The SMILES string of the molecule is CCC(C)SCCCOC1CC2CC1C1C3CC(C4CC(SC(=O)C(C)C)CC43)C21. The predicted molar refractivity (Wildman–Crippen MR) is 129 cm³/mol. The van der Waals surface area contributed by atoms with Gasteiger partial charge in [-0.25, -0.2) is 0 Å². The van der Waals surface area contributed by atoms with Crippen LogP contribution in [0.25, 0.3) is 0 Å². The largest absolute Gasteiger partial charge is 0.378 e. The molecular formula is C26H42O2S2. The number of rotatable bonds is 9. The molecule has 0 aromatic rings.